The number of hydrogen-bond acceptors (Lipinski definition) is 8. The maximum Gasteiger partial charge on any atom is 0.324 e. The predicted molar refractivity (Wildman–Crippen MR) is 210 cm³/mol. The van der Waals surface area contributed by atoms with Crippen molar-refractivity contribution in [3.05, 3.63) is 162 Å². The van der Waals surface area contributed by atoms with Gasteiger partial charge in [0.1, 0.15) is 17.2 Å². The van der Waals surface area contributed by atoms with E-state index in [1.165, 1.54) is 6.07 Å². The van der Waals surface area contributed by atoms with Crippen molar-refractivity contribution >= 4 is 32.8 Å². The van der Waals surface area contributed by atoms with E-state index in [1.807, 2.05) is 115 Å². The maximum atomic E-state index is 14.3. The smallest absolute Gasteiger partial charge is 0.324 e. The first-order valence-corrected chi connectivity index (χ1v) is 19.7. The molecule has 5 aromatic carbocycles. The summed E-state index contributed by atoms with van der Waals surface area (Å²) >= 11 is 0. The quantitative estimate of drug-likeness (QED) is 0.0352. The molecular formula is C45H47NO7S. The van der Waals surface area contributed by atoms with Gasteiger partial charge in [0.25, 0.3) is 10.1 Å². The van der Waals surface area contributed by atoms with Crippen LogP contribution in [0, 0.1) is 5.92 Å². The van der Waals surface area contributed by atoms with Gasteiger partial charge in [0.15, 0.2) is 0 Å². The first kappa shape index (κ1) is 38.6. The van der Waals surface area contributed by atoms with Gasteiger partial charge in [-0.25, -0.2) is 0 Å². The summed E-state index contributed by atoms with van der Waals surface area (Å²) in [5.74, 6) is -1.85. The van der Waals surface area contributed by atoms with E-state index in [4.69, 9.17) is 13.7 Å². The maximum absolute atomic E-state index is 14.3. The van der Waals surface area contributed by atoms with Crippen molar-refractivity contribution in [1.82, 2.24) is 5.32 Å². The summed E-state index contributed by atoms with van der Waals surface area (Å²) in [6, 6.07) is 41.0. The summed E-state index contributed by atoms with van der Waals surface area (Å²) in [7, 11) is -4.07. The molecule has 2 atom stereocenters. The lowest BCUT2D eigenvalue weighted by Crippen LogP contribution is -2.54. The van der Waals surface area contributed by atoms with Crippen molar-refractivity contribution in [2.75, 3.05) is 6.61 Å². The molecule has 0 heterocycles. The lowest BCUT2D eigenvalue weighted by atomic mass is 9.76. The molecule has 280 valence electrons. The van der Waals surface area contributed by atoms with Gasteiger partial charge in [-0.1, -0.05) is 121 Å². The molecule has 0 bridgehead atoms. The third-order valence-electron chi connectivity index (χ3n) is 9.46. The number of carbonyl (C=O) groups excluding carboxylic acids is 2. The van der Waals surface area contributed by atoms with Gasteiger partial charge in [0.05, 0.1) is 23.0 Å². The second-order valence-corrected chi connectivity index (χ2v) is 16.5. The Bertz CT molecular complexity index is 2090. The highest BCUT2D eigenvalue weighted by molar-refractivity contribution is 7.86. The standard InChI is InChI=1S/C45H47NO7S/c1-43(2,3)52-41(47)35(19-16-30-51-54(49,50)39-27-26-33-17-14-15-18-34(33)31-39)32-40(42(48)53-44(4)28-29-44)46-45(36-20-8-5-9-21-36,37-22-10-6-11-23-37)38-24-12-7-13-25-38/h5-15,17-18,20-29,31,35,40,46H,16,19,30,32H2,1-4H3/t35-,40-/m0/s1. The van der Waals surface area contributed by atoms with Crippen LogP contribution in [-0.4, -0.2) is 44.2 Å². The molecule has 0 unspecified atom stereocenters. The molecule has 5 aromatic rings. The van der Waals surface area contributed by atoms with E-state index < -0.39 is 50.8 Å². The Morgan fingerprint density at radius 1 is 0.704 bits per heavy atom. The van der Waals surface area contributed by atoms with Gasteiger partial charge in [-0.3, -0.25) is 19.1 Å². The normalized spacial score (nSPS) is 15.0. The molecule has 1 aliphatic carbocycles. The third-order valence-corrected chi connectivity index (χ3v) is 10.8. The van der Waals surface area contributed by atoms with Crippen LogP contribution in [0.25, 0.3) is 10.8 Å². The third kappa shape index (κ3) is 9.34. The van der Waals surface area contributed by atoms with E-state index in [0.29, 0.717) is 0 Å². The van der Waals surface area contributed by atoms with Crippen LogP contribution in [0.15, 0.2) is 151 Å². The first-order valence-electron chi connectivity index (χ1n) is 18.3. The fourth-order valence-electron chi connectivity index (χ4n) is 6.65. The molecule has 0 amide bonds. The molecular weight excluding hydrogens is 699 g/mol. The first-order chi connectivity index (χ1) is 25.8. The minimum atomic E-state index is -4.07. The van der Waals surface area contributed by atoms with Gasteiger partial charge in [-0.15, -0.1) is 0 Å². The Kier molecular flexibility index (Phi) is 11.5. The molecule has 0 saturated carbocycles. The zero-order valence-electron chi connectivity index (χ0n) is 31.1. The SMILES string of the molecule is CC(C)(C)OC(=O)[C@@H](CCCOS(=O)(=O)c1ccc2ccccc2c1)C[C@H](NC(c1ccccc1)(c1ccccc1)c1ccccc1)C(=O)OC1(C)C=C1. The number of hydrogen-bond donors (Lipinski definition) is 1. The van der Waals surface area contributed by atoms with Crippen LogP contribution in [0.2, 0.25) is 0 Å². The van der Waals surface area contributed by atoms with Crippen molar-refractivity contribution in [1.29, 1.82) is 0 Å². The van der Waals surface area contributed by atoms with Crippen molar-refractivity contribution < 1.29 is 31.7 Å². The zero-order valence-corrected chi connectivity index (χ0v) is 31.9. The molecule has 0 saturated heterocycles. The second-order valence-electron chi connectivity index (χ2n) is 14.9. The summed E-state index contributed by atoms with van der Waals surface area (Å²) < 4.78 is 43.8. The predicted octanol–water partition coefficient (Wildman–Crippen LogP) is 8.50. The Labute approximate surface area is 318 Å². The minimum Gasteiger partial charge on any atom is -0.460 e. The van der Waals surface area contributed by atoms with Crippen LogP contribution in [-0.2, 0) is 38.9 Å². The fourth-order valence-corrected chi connectivity index (χ4v) is 7.63. The molecule has 0 fully saturated rings. The second kappa shape index (κ2) is 16.1. The number of nitrogens with one attached hydrogen (secondary N) is 1. The molecule has 6 rings (SSSR count). The van der Waals surface area contributed by atoms with Gasteiger partial charge in [-0.2, -0.15) is 8.42 Å². The summed E-state index contributed by atoms with van der Waals surface area (Å²) in [6.07, 6.45) is 4.02. The number of rotatable bonds is 16. The monoisotopic (exact) mass is 745 g/mol. The lowest BCUT2D eigenvalue weighted by Gasteiger charge is -2.40. The summed E-state index contributed by atoms with van der Waals surface area (Å²) in [5, 5.41) is 5.43. The van der Waals surface area contributed by atoms with Crippen LogP contribution >= 0.6 is 0 Å². The van der Waals surface area contributed by atoms with E-state index in [0.717, 1.165) is 27.5 Å². The van der Waals surface area contributed by atoms with E-state index >= 15 is 0 Å². The Balaban J connectivity index is 1.32. The highest BCUT2D eigenvalue weighted by atomic mass is 32.2. The van der Waals surface area contributed by atoms with Crippen LogP contribution in [0.1, 0.15) is 63.6 Å². The van der Waals surface area contributed by atoms with E-state index in [1.54, 1.807) is 52.0 Å². The van der Waals surface area contributed by atoms with Crippen LogP contribution in [0.5, 0.6) is 0 Å². The van der Waals surface area contributed by atoms with Crippen molar-refractivity contribution in [3.8, 4) is 0 Å². The molecule has 0 aliphatic heterocycles. The molecule has 1 aliphatic rings. The van der Waals surface area contributed by atoms with Crippen LogP contribution < -0.4 is 5.32 Å². The molecule has 0 aromatic heterocycles. The van der Waals surface area contributed by atoms with Crippen LogP contribution in [0.4, 0.5) is 0 Å². The van der Waals surface area contributed by atoms with Gasteiger partial charge >= 0.3 is 11.9 Å². The Morgan fingerprint density at radius 2 is 1.22 bits per heavy atom. The number of ether oxygens (including phenoxy) is 2. The minimum absolute atomic E-state index is 0.00943. The highest BCUT2D eigenvalue weighted by Gasteiger charge is 2.44. The fraction of sp³-hybridized carbons (Fsp3) is 0.289. The van der Waals surface area contributed by atoms with Gasteiger partial charge in [0, 0.05) is 0 Å². The van der Waals surface area contributed by atoms with Gasteiger partial charge in [0.2, 0.25) is 0 Å². The van der Waals surface area contributed by atoms with E-state index in [9.17, 15) is 18.0 Å². The average molecular weight is 746 g/mol. The molecule has 1 N–H and O–H groups in total. The van der Waals surface area contributed by atoms with Crippen molar-refractivity contribution in [3.63, 3.8) is 0 Å². The average Bonchev–Trinajstić information content (AvgIpc) is 3.90. The van der Waals surface area contributed by atoms with E-state index in [2.05, 4.69) is 5.32 Å². The zero-order chi connectivity index (χ0) is 38.4. The lowest BCUT2D eigenvalue weighted by molar-refractivity contribution is -0.162. The summed E-state index contributed by atoms with van der Waals surface area (Å²) in [4.78, 5) is 28.4. The number of carbonyl (C=O) groups is 2. The van der Waals surface area contributed by atoms with Crippen molar-refractivity contribution in [2.24, 2.45) is 5.92 Å². The number of fused-ring (bicyclic) bond motifs is 1. The summed E-state index contributed by atoms with van der Waals surface area (Å²) in [6.45, 7) is 7.00. The molecule has 0 radical (unpaired) electrons. The van der Waals surface area contributed by atoms with Crippen LogP contribution in [0.3, 0.4) is 0 Å². The Morgan fingerprint density at radius 3 is 1.74 bits per heavy atom. The molecule has 9 heteroatoms. The topological polar surface area (TPSA) is 108 Å². The highest BCUT2D eigenvalue weighted by Crippen LogP contribution is 2.39. The van der Waals surface area contributed by atoms with Crippen molar-refractivity contribution in [2.45, 2.75) is 74.6 Å². The molecule has 0 spiro atoms. The number of esters is 2. The Hall–Kier alpha value is -5.09. The summed E-state index contributed by atoms with van der Waals surface area (Å²) in [5.41, 5.74) is -0.00699. The molecule has 8 nitrogen and oxygen atoms in total. The van der Waals surface area contributed by atoms with Gasteiger partial charge < -0.3 is 9.47 Å². The van der Waals surface area contributed by atoms with E-state index in [-0.39, 0.29) is 30.8 Å². The molecule has 54 heavy (non-hydrogen) atoms. The largest absolute Gasteiger partial charge is 0.460 e. The number of benzene rings is 5. The van der Waals surface area contributed by atoms with Gasteiger partial charge in [-0.05, 0) is 98.7 Å².